The van der Waals surface area contributed by atoms with Gasteiger partial charge in [0, 0.05) is 4.47 Å². The first-order chi connectivity index (χ1) is 10.3. The van der Waals surface area contributed by atoms with Crippen LogP contribution in [0.1, 0.15) is 23.2 Å². The molecule has 0 aliphatic carbocycles. The normalized spacial score (nSPS) is 17.3. The molecule has 1 aliphatic heterocycles. The highest BCUT2D eigenvalue weighted by atomic mass is 79.9. The van der Waals surface area contributed by atoms with Gasteiger partial charge in [0.25, 0.3) is 0 Å². The van der Waals surface area contributed by atoms with E-state index in [2.05, 4.69) is 36.6 Å². The molecule has 0 saturated carbocycles. The minimum atomic E-state index is -1.28. The second-order valence-electron chi connectivity index (χ2n) is 4.44. The van der Waals surface area contributed by atoms with Gasteiger partial charge in [-0.1, -0.05) is 15.9 Å². The molecule has 1 fully saturated rings. The zero-order valence-corrected chi connectivity index (χ0v) is 14.0. The van der Waals surface area contributed by atoms with Crippen LogP contribution >= 0.6 is 31.9 Å². The lowest BCUT2D eigenvalue weighted by Gasteiger charge is -2.11. The molecule has 0 bridgehead atoms. The standard InChI is InChI=1S/C13H8Br2O7/c14-6-3-7(12(18)19)11(8(15)4-6)21-9(16)1-5-2-10(17)22-13(5)20/h3-5H,1-2H2,(H,18,19). The maximum Gasteiger partial charge on any atom is 0.339 e. The Morgan fingerprint density at radius 2 is 2.00 bits per heavy atom. The molecular weight excluding hydrogens is 428 g/mol. The predicted molar refractivity (Wildman–Crippen MR) is 78.3 cm³/mol. The van der Waals surface area contributed by atoms with Crippen LogP contribution < -0.4 is 4.74 Å². The smallest absolute Gasteiger partial charge is 0.339 e. The fraction of sp³-hybridized carbons (Fsp3) is 0.231. The van der Waals surface area contributed by atoms with Gasteiger partial charge in [0.2, 0.25) is 0 Å². The maximum absolute atomic E-state index is 11.9. The van der Waals surface area contributed by atoms with E-state index < -0.39 is 29.8 Å². The first-order valence-corrected chi connectivity index (χ1v) is 7.54. The molecule has 1 aromatic rings. The summed E-state index contributed by atoms with van der Waals surface area (Å²) in [7, 11) is 0. The lowest BCUT2D eigenvalue weighted by molar-refractivity contribution is -0.154. The van der Waals surface area contributed by atoms with E-state index in [1.165, 1.54) is 12.1 Å². The summed E-state index contributed by atoms with van der Waals surface area (Å²) in [6.45, 7) is 0. The van der Waals surface area contributed by atoms with Gasteiger partial charge in [0.15, 0.2) is 5.75 Å². The number of ether oxygens (including phenoxy) is 2. The molecule has 1 N–H and O–H groups in total. The van der Waals surface area contributed by atoms with Crippen LogP contribution in [-0.2, 0) is 19.1 Å². The quantitative estimate of drug-likeness (QED) is 0.439. The fourth-order valence-electron chi connectivity index (χ4n) is 1.86. The van der Waals surface area contributed by atoms with Crippen molar-refractivity contribution in [1.82, 2.24) is 0 Å². The summed E-state index contributed by atoms with van der Waals surface area (Å²) in [5.41, 5.74) is -0.223. The van der Waals surface area contributed by atoms with Gasteiger partial charge in [-0.3, -0.25) is 14.4 Å². The number of carboxylic acid groups (broad SMARTS) is 1. The van der Waals surface area contributed by atoms with Crippen molar-refractivity contribution >= 4 is 55.7 Å². The number of carboxylic acids is 1. The van der Waals surface area contributed by atoms with Crippen LogP contribution in [0.25, 0.3) is 0 Å². The van der Waals surface area contributed by atoms with Crippen LogP contribution in [0.3, 0.4) is 0 Å². The third-order valence-corrected chi connectivity index (χ3v) is 3.88. The van der Waals surface area contributed by atoms with Crippen molar-refractivity contribution in [3.8, 4) is 5.75 Å². The first-order valence-electron chi connectivity index (χ1n) is 5.95. The molecular formula is C13H8Br2O7. The van der Waals surface area contributed by atoms with E-state index in [0.717, 1.165) is 0 Å². The summed E-state index contributed by atoms with van der Waals surface area (Å²) in [5, 5.41) is 9.14. The summed E-state index contributed by atoms with van der Waals surface area (Å²) in [6, 6.07) is 2.80. The van der Waals surface area contributed by atoms with E-state index in [0.29, 0.717) is 4.47 Å². The number of aromatic carboxylic acids is 1. The summed E-state index contributed by atoms with van der Waals surface area (Å²) >= 11 is 6.25. The van der Waals surface area contributed by atoms with Gasteiger partial charge in [0.1, 0.15) is 5.56 Å². The minimum absolute atomic E-state index is 0.168. The Kier molecular flexibility index (Phi) is 4.97. The Hall–Kier alpha value is -1.74. The molecule has 1 aliphatic rings. The average Bonchev–Trinajstić information content (AvgIpc) is 2.70. The Balaban J connectivity index is 2.17. The van der Waals surface area contributed by atoms with Crippen LogP contribution in [0, 0.1) is 5.92 Å². The van der Waals surface area contributed by atoms with E-state index in [9.17, 15) is 19.2 Å². The molecule has 1 unspecified atom stereocenters. The van der Waals surface area contributed by atoms with Gasteiger partial charge >= 0.3 is 23.9 Å². The molecule has 0 aromatic heterocycles. The largest absolute Gasteiger partial charge is 0.478 e. The summed E-state index contributed by atoms with van der Waals surface area (Å²) in [6.07, 6.45) is -0.562. The van der Waals surface area contributed by atoms with Crippen molar-refractivity contribution in [3.63, 3.8) is 0 Å². The zero-order chi connectivity index (χ0) is 16.4. The van der Waals surface area contributed by atoms with Crippen LogP contribution in [-0.4, -0.2) is 29.0 Å². The second-order valence-corrected chi connectivity index (χ2v) is 6.21. The number of carbonyl (C=O) groups is 4. The van der Waals surface area contributed by atoms with Crippen molar-refractivity contribution < 1.29 is 33.8 Å². The third-order valence-electron chi connectivity index (χ3n) is 2.83. The van der Waals surface area contributed by atoms with Crippen molar-refractivity contribution in [2.24, 2.45) is 5.92 Å². The fourth-order valence-corrected chi connectivity index (χ4v) is 3.16. The number of cyclic esters (lactones) is 2. The maximum atomic E-state index is 11.9. The summed E-state index contributed by atoms with van der Waals surface area (Å²) in [4.78, 5) is 45.3. The third kappa shape index (κ3) is 3.72. The lowest BCUT2D eigenvalue weighted by Crippen LogP contribution is -2.18. The predicted octanol–water partition coefficient (Wildman–Crippen LogP) is 2.29. The molecule has 22 heavy (non-hydrogen) atoms. The zero-order valence-electron chi connectivity index (χ0n) is 10.8. The van der Waals surface area contributed by atoms with Crippen molar-refractivity contribution in [2.45, 2.75) is 12.8 Å². The van der Waals surface area contributed by atoms with Gasteiger partial charge in [-0.2, -0.15) is 0 Å². The number of carbonyl (C=O) groups excluding carboxylic acids is 3. The number of hydrogen-bond acceptors (Lipinski definition) is 6. The molecule has 0 spiro atoms. The Morgan fingerprint density at radius 3 is 2.55 bits per heavy atom. The molecule has 9 heteroatoms. The van der Waals surface area contributed by atoms with E-state index in [1.807, 2.05) is 0 Å². The molecule has 0 radical (unpaired) electrons. The number of esters is 3. The number of benzene rings is 1. The van der Waals surface area contributed by atoms with E-state index >= 15 is 0 Å². The number of halogens is 2. The molecule has 116 valence electrons. The van der Waals surface area contributed by atoms with Crippen LogP contribution in [0.4, 0.5) is 0 Å². The van der Waals surface area contributed by atoms with E-state index in [4.69, 9.17) is 9.84 Å². The lowest BCUT2D eigenvalue weighted by atomic mass is 10.0. The average molecular weight is 436 g/mol. The summed E-state index contributed by atoms with van der Waals surface area (Å²) < 4.78 is 10.1. The highest BCUT2D eigenvalue weighted by Gasteiger charge is 2.35. The summed E-state index contributed by atoms with van der Waals surface area (Å²) in [5.74, 6) is -4.66. The van der Waals surface area contributed by atoms with Gasteiger partial charge in [0.05, 0.1) is 23.2 Å². The minimum Gasteiger partial charge on any atom is -0.478 e. The Labute approximate surface area is 140 Å². The Bertz CT molecular complexity index is 683. The van der Waals surface area contributed by atoms with Gasteiger partial charge in [-0.05, 0) is 28.1 Å². The molecule has 1 aromatic carbocycles. The molecule has 0 amide bonds. The van der Waals surface area contributed by atoms with Gasteiger partial charge in [-0.15, -0.1) is 0 Å². The van der Waals surface area contributed by atoms with E-state index in [-0.39, 0.29) is 28.6 Å². The number of hydrogen-bond donors (Lipinski definition) is 1. The van der Waals surface area contributed by atoms with Crippen molar-refractivity contribution in [1.29, 1.82) is 0 Å². The van der Waals surface area contributed by atoms with Crippen molar-refractivity contribution in [2.75, 3.05) is 0 Å². The van der Waals surface area contributed by atoms with E-state index in [1.54, 1.807) is 0 Å². The SMILES string of the molecule is O=C1CC(CC(=O)Oc2c(Br)cc(Br)cc2C(=O)O)C(=O)O1. The van der Waals surface area contributed by atoms with Crippen LogP contribution in [0.2, 0.25) is 0 Å². The molecule has 1 heterocycles. The monoisotopic (exact) mass is 434 g/mol. The topological polar surface area (TPSA) is 107 Å². The van der Waals surface area contributed by atoms with Crippen LogP contribution in [0.15, 0.2) is 21.1 Å². The molecule has 2 rings (SSSR count). The Morgan fingerprint density at radius 1 is 1.32 bits per heavy atom. The highest BCUT2D eigenvalue weighted by Crippen LogP contribution is 2.33. The van der Waals surface area contributed by atoms with Gasteiger partial charge in [-0.25, -0.2) is 4.79 Å². The molecule has 1 saturated heterocycles. The molecule has 1 atom stereocenters. The second kappa shape index (κ2) is 6.57. The van der Waals surface area contributed by atoms with Crippen molar-refractivity contribution in [3.05, 3.63) is 26.6 Å². The number of rotatable bonds is 4. The van der Waals surface area contributed by atoms with Gasteiger partial charge < -0.3 is 14.6 Å². The highest BCUT2D eigenvalue weighted by molar-refractivity contribution is 9.11. The molecule has 7 nitrogen and oxygen atoms in total. The first kappa shape index (κ1) is 16.6. The van der Waals surface area contributed by atoms with Crippen LogP contribution in [0.5, 0.6) is 5.75 Å².